The molecule has 1 saturated heterocycles. The molecule has 0 spiro atoms. The zero-order valence-corrected chi connectivity index (χ0v) is 23.3. The summed E-state index contributed by atoms with van der Waals surface area (Å²) in [5.74, 6) is 0. The number of nitrogens with one attached hydrogen (secondary N) is 1. The summed E-state index contributed by atoms with van der Waals surface area (Å²) in [5, 5.41) is 4.02. The van der Waals surface area contributed by atoms with Crippen LogP contribution in [0.5, 0.6) is 0 Å². The molecule has 206 valence electrons. The van der Waals surface area contributed by atoms with Crippen LogP contribution < -0.4 is 16.6 Å². The third-order valence-electron chi connectivity index (χ3n) is 6.68. The third kappa shape index (κ3) is 5.96. The van der Waals surface area contributed by atoms with Gasteiger partial charge in [-0.3, -0.25) is 13.9 Å². The topological polar surface area (TPSA) is 91.0 Å². The van der Waals surface area contributed by atoms with E-state index in [0.717, 1.165) is 55.9 Å². The smallest absolute Gasteiger partial charge is 0.331 e. The first-order valence-corrected chi connectivity index (χ1v) is 13.7. The molecule has 1 aliphatic rings. The van der Waals surface area contributed by atoms with E-state index < -0.39 is 24.2 Å². The van der Waals surface area contributed by atoms with E-state index >= 15 is 0 Å². The van der Waals surface area contributed by atoms with Crippen LogP contribution in [-0.2, 0) is 24.2 Å². The van der Waals surface area contributed by atoms with Crippen LogP contribution in [0.3, 0.4) is 0 Å². The molecule has 0 radical (unpaired) electrons. The Morgan fingerprint density at radius 3 is 2.79 bits per heavy atom. The monoisotopic (exact) mass is 575 g/mol. The van der Waals surface area contributed by atoms with Crippen molar-refractivity contribution in [1.82, 2.24) is 24.4 Å². The molecular weight excluding hydrogens is 548 g/mol. The number of hydrogen-bond acceptors (Lipinski definition) is 7. The van der Waals surface area contributed by atoms with Crippen molar-refractivity contribution in [3.8, 4) is 11.3 Å². The van der Waals surface area contributed by atoms with Crippen molar-refractivity contribution in [2.45, 2.75) is 58.4 Å². The average molecular weight is 576 g/mol. The largest absolute Gasteiger partial charge is 0.369 e. The van der Waals surface area contributed by atoms with Crippen molar-refractivity contribution in [3.05, 3.63) is 78.7 Å². The zero-order valence-electron chi connectivity index (χ0n) is 21.7. The lowest BCUT2D eigenvalue weighted by Gasteiger charge is -2.37. The number of morpholine rings is 1. The van der Waals surface area contributed by atoms with Gasteiger partial charge < -0.3 is 10.1 Å². The number of rotatable bonds is 7. The van der Waals surface area contributed by atoms with Gasteiger partial charge in [0.25, 0.3) is 12.0 Å². The molecule has 1 unspecified atom stereocenters. The van der Waals surface area contributed by atoms with Gasteiger partial charge in [-0.2, -0.15) is 0 Å². The quantitative estimate of drug-likeness (QED) is 0.354. The van der Waals surface area contributed by atoms with E-state index in [1.54, 1.807) is 6.07 Å². The van der Waals surface area contributed by atoms with Crippen molar-refractivity contribution in [2.24, 2.45) is 0 Å². The Balaban J connectivity index is 1.55. The molecule has 1 fully saturated rings. The maximum absolute atomic E-state index is 12.9. The average Bonchev–Trinajstić information content (AvgIpc) is 3.27. The summed E-state index contributed by atoms with van der Waals surface area (Å²) >= 11 is 7.85. The van der Waals surface area contributed by atoms with Gasteiger partial charge in [-0.25, -0.2) is 23.5 Å². The molecule has 1 aliphatic heterocycles. The molecule has 1 aromatic carbocycles. The number of aryl methyl sites for hydroxylation is 1. The van der Waals surface area contributed by atoms with Crippen molar-refractivity contribution < 1.29 is 13.5 Å². The second-order valence-corrected chi connectivity index (χ2v) is 11.9. The van der Waals surface area contributed by atoms with E-state index in [9.17, 15) is 18.4 Å². The van der Waals surface area contributed by atoms with Crippen LogP contribution >= 0.6 is 22.9 Å². The second kappa shape index (κ2) is 10.9. The van der Waals surface area contributed by atoms with Gasteiger partial charge in [-0.15, -0.1) is 11.3 Å². The summed E-state index contributed by atoms with van der Waals surface area (Å²) in [5.41, 5.74) is 2.65. The van der Waals surface area contributed by atoms with Gasteiger partial charge in [0.05, 0.1) is 40.7 Å². The maximum atomic E-state index is 12.9. The van der Waals surface area contributed by atoms with Gasteiger partial charge in [0.15, 0.2) is 0 Å². The summed E-state index contributed by atoms with van der Waals surface area (Å²) in [6.07, 6.45) is 0.468. The number of hydrogen-bond donors (Lipinski definition) is 1. The van der Waals surface area contributed by atoms with Gasteiger partial charge in [0.1, 0.15) is 6.33 Å². The van der Waals surface area contributed by atoms with Crippen molar-refractivity contribution in [3.63, 3.8) is 0 Å². The molecule has 4 heterocycles. The molecule has 0 bridgehead atoms. The lowest BCUT2D eigenvalue weighted by molar-refractivity contribution is -0.0928. The highest BCUT2D eigenvalue weighted by atomic mass is 35.5. The highest BCUT2D eigenvalue weighted by Crippen LogP contribution is 2.37. The van der Waals surface area contributed by atoms with Gasteiger partial charge in [-0.05, 0) is 50.1 Å². The molecule has 0 saturated carbocycles. The highest BCUT2D eigenvalue weighted by molar-refractivity contribution is 7.19. The van der Waals surface area contributed by atoms with Crippen LogP contribution in [0.2, 0.25) is 5.02 Å². The van der Waals surface area contributed by atoms with Crippen LogP contribution in [0.15, 0.2) is 46.4 Å². The molecule has 3 aromatic heterocycles. The molecule has 39 heavy (non-hydrogen) atoms. The molecule has 4 aromatic rings. The van der Waals surface area contributed by atoms with Crippen LogP contribution in [0.1, 0.15) is 29.9 Å². The lowest BCUT2D eigenvalue weighted by atomic mass is 9.93. The van der Waals surface area contributed by atoms with Crippen molar-refractivity contribution >= 4 is 33.2 Å². The van der Waals surface area contributed by atoms with Crippen LogP contribution in [-0.4, -0.2) is 50.3 Å². The molecule has 0 amide bonds. The molecule has 1 atom stereocenters. The minimum atomic E-state index is -2.72. The Hall–Kier alpha value is -2.99. The number of alkyl halides is 2. The van der Waals surface area contributed by atoms with E-state index in [2.05, 4.69) is 29.1 Å². The number of nitrogens with zero attached hydrogens (tertiary/aromatic N) is 4. The predicted octanol–water partition coefficient (Wildman–Crippen LogP) is 4.27. The molecule has 1 N–H and O–H groups in total. The second-order valence-electron chi connectivity index (χ2n) is 10.3. The van der Waals surface area contributed by atoms with Gasteiger partial charge >= 0.3 is 5.69 Å². The van der Waals surface area contributed by atoms with E-state index in [1.807, 2.05) is 19.1 Å². The molecular formula is C27H28ClF2N5O3S. The number of aromatic nitrogens is 4. The molecule has 12 heteroatoms. The first kappa shape index (κ1) is 27.6. The third-order valence-corrected chi connectivity index (χ3v) is 8.02. The number of benzene rings is 1. The minimum absolute atomic E-state index is 0.0380. The Labute approximate surface area is 232 Å². The lowest BCUT2D eigenvalue weighted by Crippen LogP contribution is -2.51. The summed E-state index contributed by atoms with van der Waals surface area (Å²) in [7, 11) is 0. The summed E-state index contributed by atoms with van der Waals surface area (Å²) in [4.78, 5) is 34.9. The first-order valence-electron chi connectivity index (χ1n) is 12.5. The Bertz CT molecular complexity index is 1650. The zero-order chi connectivity index (χ0) is 27.9. The van der Waals surface area contributed by atoms with E-state index in [-0.39, 0.29) is 18.2 Å². The number of ether oxygens (including phenoxy) is 1. The number of thiophene rings is 1. The first-order chi connectivity index (χ1) is 18.5. The molecule has 5 rings (SSSR count). The fourth-order valence-corrected chi connectivity index (χ4v) is 6.36. The fraction of sp³-hybridized carbons (Fsp3) is 0.407. The number of halogens is 3. The minimum Gasteiger partial charge on any atom is -0.369 e. The normalized spacial score (nSPS) is 17.3. The predicted molar refractivity (Wildman–Crippen MR) is 148 cm³/mol. The van der Waals surface area contributed by atoms with Crippen molar-refractivity contribution in [2.75, 3.05) is 13.1 Å². The standard InChI is InChI=1S/C27H28ClF2N5O3S/c1-15-6-16(28)7-20(19(15)8-17-10-31-13-27(2,3)38-17)24-25-21(32-14-33-24)9-18(39-25)11-35-23(36)4-5-34(26(35)37)12-22(29)30/h4-7,9,14,17,22,31H,8,10-13H2,1-3H3. The maximum Gasteiger partial charge on any atom is 0.331 e. The Morgan fingerprint density at radius 2 is 2.05 bits per heavy atom. The highest BCUT2D eigenvalue weighted by Gasteiger charge is 2.29. The van der Waals surface area contributed by atoms with Crippen LogP contribution in [0.4, 0.5) is 8.78 Å². The van der Waals surface area contributed by atoms with E-state index in [4.69, 9.17) is 16.3 Å². The van der Waals surface area contributed by atoms with E-state index in [1.165, 1.54) is 17.7 Å². The molecule has 0 aliphatic carbocycles. The van der Waals surface area contributed by atoms with Gasteiger partial charge in [0, 0.05) is 47.2 Å². The molecule has 8 nitrogen and oxygen atoms in total. The van der Waals surface area contributed by atoms with Crippen LogP contribution in [0.25, 0.3) is 21.5 Å². The van der Waals surface area contributed by atoms with E-state index in [0.29, 0.717) is 27.5 Å². The summed E-state index contributed by atoms with van der Waals surface area (Å²) in [6.45, 7) is 6.78. The van der Waals surface area contributed by atoms with Crippen molar-refractivity contribution in [1.29, 1.82) is 0 Å². The fourth-order valence-electron chi connectivity index (χ4n) is 4.98. The van der Waals surface area contributed by atoms with Gasteiger partial charge in [-0.1, -0.05) is 11.6 Å². The SMILES string of the molecule is Cc1cc(Cl)cc(-c2ncnc3cc(Cn4c(=O)ccn(CC(F)F)c4=O)sc23)c1CC1CNCC(C)(C)O1. The number of fused-ring (bicyclic) bond motifs is 1. The Morgan fingerprint density at radius 1 is 1.26 bits per heavy atom. The van der Waals surface area contributed by atoms with Crippen LogP contribution in [0, 0.1) is 6.92 Å². The summed E-state index contributed by atoms with van der Waals surface area (Å²) in [6, 6.07) is 6.71. The Kier molecular flexibility index (Phi) is 7.69. The van der Waals surface area contributed by atoms with Gasteiger partial charge in [0.2, 0.25) is 0 Å². The summed E-state index contributed by atoms with van der Waals surface area (Å²) < 4.78 is 34.7.